The Kier molecular flexibility index (Phi) is 5.85. The largest absolute Gasteiger partial charge is 0.492 e. The van der Waals surface area contributed by atoms with E-state index in [1.165, 1.54) is 32.1 Å². The normalized spacial score (nSPS) is 20.5. The number of carbonyl (C=O) groups excluding carboxylic acids is 2. The highest BCUT2D eigenvalue weighted by atomic mass is 35.5. The molecule has 1 saturated carbocycles. The number of nitrogens with one attached hydrogen (secondary N) is 1. The lowest BCUT2D eigenvalue weighted by Gasteiger charge is -2.21. The van der Waals surface area contributed by atoms with Crippen molar-refractivity contribution in [2.24, 2.45) is 5.92 Å². The monoisotopic (exact) mass is 365 g/mol. The molecule has 0 spiro atoms. The van der Waals surface area contributed by atoms with E-state index in [0.717, 1.165) is 29.7 Å². The second kappa shape index (κ2) is 8.08. The number of carbonyl (C=O) groups is 2. The fraction of sp³-hybridized carbons (Fsp3) is 0.444. The first-order chi connectivity index (χ1) is 11.6. The quantitative estimate of drug-likeness (QED) is 0.745. The van der Waals surface area contributed by atoms with Gasteiger partial charge in [0.25, 0.3) is 11.1 Å². The summed E-state index contributed by atoms with van der Waals surface area (Å²) in [5.74, 6) is 1.07. The Morgan fingerprint density at radius 1 is 1.25 bits per heavy atom. The molecule has 1 saturated heterocycles. The number of hydrogen-bond acceptors (Lipinski definition) is 4. The molecule has 0 atom stereocenters. The number of amides is 2. The van der Waals surface area contributed by atoms with Crippen LogP contribution in [0.2, 0.25) is 5.02 Å². The van der Waals surface area contributed by atoms with Crippen molar-refractivity contribution >= 4 is 40.6 Å². The average molecular weight is 366 g/mol. The third-order valence-electron chi connectivity index (χ3n) is 4.40. The van der Waals surface area contributed by atoms with Crippen LogP contribution in [-0.4, -0.2) is 17.8 Å². The molecule has 0 radical (unpaired) electrons. The van der Waals surface area contributed by atoms with E-state index >= 15 is 0 Å². The summed E-state index contributed by atoms with van der Waals surface area (Å²) < 4.78 is 5.81. The lowest BCUT2D eigenvalue weighted by molar-refractivity contribution is -0.115. The molecule has 1 aromatic rings. The second-order valence-corrected chi connectivity index (χ2v) is 7.61. The van der Waals surface area contributed by atoms with Crippen molar-refractivity contribution in [2.75, 3.05) is 6.61 Å². The molecule has 0 aromatic heterocycles. The van der Waals surface area contributed by atoms with Gasteiger partial charge in [-0.25, -0.2) is 0 Å². The van der Waals surface area contributed by atoms with Crippen molar-refractivity contribution in [3.63, 3.8) is 0 Å². The number of rotatable bonds is 5. The molecule has 1 aliphatic carbocycles. The van der Waals surface area contributed by atoms with Crippen LogP contribution in [-0.2, 0) is 4.79 Å². The van der Waals surface area contributed by atoms with Gasteiger partial charge in [-0.3, -0.25) is 14.9 Å². The Hall–Kier alpha value is -1.46. The Balaban J connectivity index is 1.57. The van der Waals surface area contributed by atoms with Crippen molar-refractivity contribution in [2.45, 2.75) is 38.5 Å². The SMILES string of the molecule is O=C1NC(=O)/C(=C\c2ccc(OCCC3CCCCC3)c(Cl)c2)S1. The van der Waals surface area contributed by atoms with E-state index in [1.54, 1.807) is 12.1 Å². The molecule has 1 aromatic carbocycles. The van der Waals surface area contributed by atoms with E-state index in [1.807, 2.05) is 12.1 Å². The summed E-state index contributed by atoms with van der Waals surface area (Å²) in [5.41, 5.74) is 0.770. The first-order valence-electron chi connectivity index (χ1n) is 8.29. The Labute approximate surface area is 151 Å². The van der Waals surface area contributed by atoms with Gasteiger partial charge in [0.05, 0.1) is 16.5 Å². The predicted molar refractivity (Wildman–Crippen MR) is 97.2 cm³/mol. The standard InChI is InChI=1S/C18H20ClNO3S/c19-14-10-13(11-16-17(21)20-18(22)24-16)6-7-15(14)23-9-8-12-4-2-1-3-5-12/h6-7,10-12H,1-5,8-9H2,(H,20,21,22)/b16-11+. The minimum atomic E-state index is -0.367. The van der Waals surface area contributed by atoms with Gasteiger partial charge in [0.15, 0.2) is 0 Å². The maximum atomic E-state index is 11.6. The molecule has 1 N–H and O–H groups in total. The van der Waals surface area contributed by atoms with E-state index in [-0.39, 0.29) is 11.1 Å². The Morgan fingerprint density at radius 3 is 2.71 bits per heavy atom. The van der Waals surface area contributed by atoms with E-state index < -0.39 is 0 Å². The number of ether oxygens (including phenoxy) is 1. The van der Waals surface area contributed by atoms with Crippen molar-refractivity contribution in [3.8, 4) is 5.75 Å². The topological polar surface area (TPSA) is 55.4 Å². The maximum absolute atomic E-state index is 11.6. The summed E-state index contributed by atoms with van der Waals surface area (Å²) in [6.07, 6.45) is 9.38. The Bertz CT molecular complexity index is 668. The van der Waals surface area contributed by atoms with Crippen molar-refractivity contribution in [1.29, 1.82) is 0 Å². The summed E-state index contributed by atoms with van der Waals surface area (Å²) in [4.78, 5) is 23.1. The van der Waals surface area contributed by atoms with Crippen molar-refractivity contribution in [1.82, 2.24) is 5.32 Å². The molecule has 2 aliphatic rings. The van der Waals surface area contributed by atoms with Crippen LogP contribution >= 0.6 is 23.4 Å². The zero-order chi connectivity index (χ0) is 16.9. The number of halogens is 1. The third-order valence-corrected chi connectivity index (χ3v) is 5.51. The number of thioether (sulfide) groups is 1. The van der Waals surface area contributed by atoms with Gasteiger partial charge >= 0.3 is 0 Å². The molecule has 128 valence electrons. The summed E-state index contributed by atoms with van der Waals surface area (Å²) in [6, 6.07) is 5.40. The summed E-state index contributed by atoms with van der Waals surface area (Å²) in [6.45, 7) is 0.678. The van der Waals surface area contributed by atoms with Gasteiger partial charge in [0.2, 0.25) is 0 Å². The van der Waals surface area contributed by atoms with Gasteiger partial charge < -0.3 is 4.74 Å². The summed E-state index contributed by atoms with van der Waals surface area (Å²) in [7, 11) is 0. The van der Waals surface area contributed by atoms with Crippen LogP contribution in [0.5, 0.6) is 5.75 Å². The van der Waals surface area contributed by atoms with Crippen LogP contribution in [0.3, 0.4) is 0 Å². The van der Waals surface area contributed by atoms with E-state index in [2.05, 4.69) is 5.32 Å². The molecule has 4 nitrogen and oxygen atoms in total. The highest BCUT2D eigenvalue weighted by Crippen LogP contribution is 2.31. The van der Waals surface area contributed by atoms with Crippen molar-refractivity contribution in [3.05, 3.63) is 33.7 Å². The van der Waals surface area contributed by atoms with E-state index in [0.29, 0.717) is 22.3 Å². The molecule has 2 fully saturated rings. The second-order valence-electron chi connectivity index (χ2n) is 6.18. The molecule has 24 heavy (non-hydrogen) atoms. The highest BCUT2D eigenvalue weighted by Gasteiger charge is 2.25. The average Bonchev–Trinajstić information content (AvgIpc) is 2.88. The first-order valence-corrected chi connectivity index (χ1v) is 9.48. The lowest BCUT2D eigenvalue weighted by Crippen LogP contribution is -2.17. The van der Waals surface area contributed by atoms with Crippen LogP contribution in [0.15, 0.2) is 23.1 Å². The van der Waals surface area contributed by atoms with Gasteiger partial charge in [-0.1, -0.05) is 49.8 Å². The van der Waals surface area contributed by atoms with Crippen molar-refractivity contribution < 1.29 is 14.3 Å². The summed E-state index contributed by atoms with van der Waals surface area (Å²) in [5, 5.41) is 2.40. The molecule has 1 heterocycles. The molecule has 2 amide bonds. The van der Waals surface area contributed by atoms with Crippen LogP contribution < -0.4 is 10.1 Å². The fourth-order valence-electron chi connectivity index (χ4n) is 3.11. The van der Waals surface area contributed by atoms with Crippen LogP contribution in [0, 0.1) is 5.92 Å². The first kappa shape index (κ1) is 17.4. The zero-order valence-corrected chi connectivity index (χ0v) is 14.9. The molecular weight excluding hydrogens is 346 g/mol. The smallest absolute Gasteiger partial charge is 0.290 e. The van der Waals surface area contributed by atoms with Crippen LogP contribution in [0.25, 0.3) is 6.08 Å². The molecule has 0 unspecified atom stereocenters. The number of imide groups is 1. The van der Waals surface area contributed by atoms with Gasteiger partial charge in [0, 0.05) is 0 Å². The lowest BCUT2D eigenvalue weighted by atomic mass is 9.87. The van der Waals surface area contributed by atoms with Gasteiger partial charge in [-0.2, -0.15) is 0 Å². The zero-order valence-electron chi connectivity index (χ0n) is 13.3. The highest BCUT2D eigenvalue weighted by molar-refractivity contribution is 8.18. The number of hydrogen-bond donors (Lipinski definition) is 1. The van der Waals surface area contributed by atoms with E-state index in [9.17, 15) is 9.59 Å². The molecule has 1 aliphatic heterocycles. The van der Waals surface area contributed by atoms with Gasteiger partial charge in [-0.05, 0) is 47.9 Å². The van der Waals surface area contributed by atoms with E-state index in [4.69, 9.17) is 16.3 Å². The summed E-state index contributed by atoms with van der Waals surface area (Å²) >= 11 is 7.17. The van der Waals surface area contributed by atoms with Crippen LogP contribution in [0.1, 0.15) is 44.1 Å². The predicted octanol–water partition coefficient (Wildman–Crippen LogP) is 5.01. The fourth-order valence-corrected chi connectivity index (χ4v) is 4.03. The van der Waals surface area contributed by atoms with Crippen LogP contribution in [0.4, 0.5) is 4.79 Å². The van der Waals surface area contributed by atoms with Gasteiger partial charge in [0.1, 0.15) is 5.75 Å². The third kappa shape index (κ3) is 4.54. The number of benzene rings is 1. The Morgan fingerprint density at radius 2 is 2.04 bits per heavy atom. The minimum Gasteiger partial charge on any atom is -0.492 e. The van der Waals surface area contributed by atoms with Gasteiger partial charge in [-0.15, -0.1) is 0 Å². The maximum Gasteiger partial charge on any atom is 0.290 e. The molecule has 6 heteroatoms. The minimum absolute atomic E-state index is 0.347. The molecule has 0 bridgehead atoms. The molecule has 3 rings (SSSR count). The molecular formula is C18H20ClNO3S.